The fourth-order valence-corrected chi connectivity index (χ4v) is 1.64. The SMILES string of the molecule is O=C(CNCc1ccc(C(F)(F)F)cc1)NC1CC1. The van der Waals surface area contributed by atoms with Crippen molar-refractivity contribution < 1.29 is 18.0 Å². The smallest absolute Gasteiger partial charge is 0.352 e. The number of benzene rings is 1. The molecule has 1 aromatic carbocycles. The number of amides is 1. The number of nitrogens with one attached hydrogen (secondary N) is 2. The molecule has 0 spiro atoms. The summed E-state index contributed by atoms with van der Waals surface area (Å²) in [7, 11) is 0. The van der Waals surface area contributed by atoms with E-state index >= 15 is 0 Å². The summed E-state index contributed by atoms with van der Waals surface area (Å²) in [5, 5.41) is 5.72. The first-order valence-electron chi connectivity index (χ1n) is 6.11. The fourth-order valence-electron chi connectivity index (χ4n) is 1.64. The van der Waals surface area contributed by atoms with E-state index in [1.807, 2.05) is 0 Å². The van der Waals surface area contributed by atoms with Crippen LogP contribution in [0.2, 0.25) is 0 Å². The van der Waals surface area contributed by atoms with Crippen LogP contribution in [-0.4, -0.2) is 18.5 Å². The monoisotopic (exact) mass is 272 g/mol. The van der Waals surface area contributed by atoms with Gasteiger partial charge in [-0.05, 0) is 30.5 Å². The molecule has 0 atom stereocenters. The molecule has 1 fully saturated rings. The summed E-state index contributed by atoms with van der Waals surface area (Å²) in [4.78, 5) is 11.3. The molecule has 3 nitrogen and oxygen atoms in total. The highest BCUT2D eigenvalue weighted by Crippen LogP contribution is 2.29. The van der Waals surface area contributed by atoms with Gasteiger partial charge in [-0.3, -0.25) is 4.79 Å². The first kappa shape index (κ1) is 13.9. The second kappa shape index (κ2) is 5.61. The summed E-state index contributed by atoms with van der Waals surface area (Å²) in [5.41, 5.74) is 0.0509. The number of carbonyl (C=O) groups is 1. The molecule has 0 saturated heterocycles. The molecule has 2 rings (SSSR count). The lowest BCUT2D eigenvalue weighted by Crippen LogP contribution is -2.34. The molecule has 0 heterocycles. The Morgan fingerprint density at radius 2 is 1.84 bits per heavy atom. The van der Waals surface area contributed by atoms with E-state index in [-0.39, 0.29) is 12.5 Å². The van der Waals surface area contributed by atoms with Crippen LogP contribution >= 0.6 is 0 Å². The molecular formula is C13H15F3N2O. The van der Waals surface area contributed by atoms with Crippen molar-refractivity contribution in [3.8, 4) is 0 Å². The predicted octanol–water partition coefficient (Wildman–Crippen LogP) is 2.07. The summed E-state index contributed by atoms with van der Waals surface area (Å²) < 4.78 is 37.0. The number of carbonyl (C=O) groups excluding carboxylic acids is 1. The highest BCUT2D eigenvalue weighted by atomic mass is 19.4. The van der Waals surface area contributed by atoms with Crippen molar-refractivity contribution in [3.63, 3.8) is 0 Å². The summed E-state index contributed by atoms with van der Waals surface area (Å²) in [5.74, 6) is -0.0746. The van der Waals surface area contributed by atoms with Crippen LogP contribution in [0.4, 0.5) is 13.2 Å². The van der Waals surface area contributed by atoms with Gasteiger partial charge in [0, 0.05) is 12.6 Å². The fraction of sp³-hybridized carbons (Fsp3) is 0.462. The van der Waals surface area contributed by atoms with Crippen LogP contribution < -0.4 is 10.6 Å². The lowest BCUT2D eigenvalue weighted by molar-refractivity contribution is -0.137. The third-order valence-corrected chi connectivity index (χ3v) is 2.84. The third kappa shape index (κ3) is 4.55. The summed E-state index contributed by atoms with van der Waals surface area (Å²) in [6.45, 7) is 0.549. The largest absolute Gasteiger partial charge is 0.416 e. The lowest BCUT2D eigenvalue weighted by atomic mass is 10.1. The van der Waals surface area contributed by atoms with E-state index < -0.39 is 11.7 Å². The van der Waals surface area contributed by atoms with Crippen molar-refractivity contribution in [1.82, 2.24) is 10.6 Å². The zero-order valence-corrected chi connectivity index (χ0v) is 10.3. The molecule has 104 valence electrons. The molecule has 0 unspecified atom stereocenters. The number of halogens is 3. The molecule has 2 N–H and O–H groups in total. The number of alkyl halides is 3. The van der Waals surface area contributed by atoms with Gasteiger partial charge < -0.3 is 10.6 Å². The van der Waals surface area contributed by atoms with Gasteiger partial charge in [0.2, 0.25) is 5.91 Å². The van der Waals surface area contributed by atoms with E-state index in [0.717, 1.165) is 25.0 Å². The molecule has 0 aromatic heterocycles. The van der Waals surface area contributed by atoms with Crippen LogP contribution in [0.3, 0.4) is 0 Å². The van der Waals surface area contributed by atoms with E-state index in [0.29, 0.717) is 18.2 Å². The van der Waals surface area contributed by atoms with Crippen molar-refractivity contribution >= 4 is 5.91 Å². The molecular weight excluding hydrogens is 257 g/mol. The quantitative estimate of drug-likeness (QED) is 0.861. The number of hydrogen-bond acceptors (Lipinski definition) is 2. The van der Waals surface area contributed by atoms with Gasteiger partial charge in [-0.1, -0.05) is 12.1 Å². The van der Waals surface area contributed by atoms with Gasteiger partial charge in [0.1, 0.15) is 0 Å². The minimum absolute atomic E-state index is 0.0746. The van der Waals surface area contributed by atoms with Gasteiger partial charge in [0.05, 0.1) is 12.1 Å². The van der Waals surface area contributed by atoms with Crippen molar-refractivity contribution in [1.29, 1.82) is 0 Å². The molecule has 0 bridgehead atoms. The Morgan fingerprint density at radius 3 is 2.37 bits per heavy atom. The molecule has 1 aliphatic rings. The standard InChI is InChI=1S/C13H15F3N2O/c14-13(15,16)10-3-1-9(2-4-10)7-17-8-12(19)18-11-5-6-11/h1-4,11,17H,5-8H2,(H,18,19). The van der Waals surface area contributed by atoms with Gasteiger partial charge in [-0.15, -0.1) is 0 Å². The molecule has 0 aliphatic heterocycles. The van der Waals surface area contributed by atoms with Crippen molar-refractivity contribution in [2.24, 2.45) is 0 Å². The van der Waals surface area contributed by atoms with Gasteiger partial charge in [0.25, 0.3) is 0 Å². The summed E-state index contributed by atoms with van der Waals surface area (Å²) in [6.07, 6.45) is -2.24. The van der Waals surface area contributed by atoms with Crippen LogP contribution in [0.15, 0.2) is 24.3 Å². The highest BCUT2D eigenvalue weighted by molar-refractivity contribution is 5.78. The number of hydrogen-bond donors (Lipinski definition) is 2. The Kier molecular flexibility index (Phi) is 4.09. The molecule has 1 aliphatic carbocycles. The van der Waals surface area contributed by atoms with Crippen molar-refractivity contribution in [3.05, 3.63) is 35.4 Å². The van der Waals surface area contributed by atoms with Crippen LogP contribution in [-0.2, 0) is 17.5 Å². The van der Waals surface area contributed by atoms with E-state index in [1.54, 1.807) is 0 Å². The predicted molar refractivity (Wildman–Crippen MR) is 64.3 cm³/mol. The average Bonchev–Trinajstić information content (AvgIpc) is 3.12. The van der Waals surface area contributed by atoms with E-state index in [4.69, 9.17) is 0 Å². The highest BCUT2D eigenvalue weighted by Gasteiger charge is 2.29. The van der Waals surface area contributed by atoms with E-state index in [1.165, 1.54) is 12.1 Å². The first-order valence-corrected chi connectivity index (χ1v) is 6.11. The molecule has 19 heavy (non-hydrogen) atoms. The van der Waals surface area contributed by atoms with Gasteiger partial charge in [-0.25, -0.2) is 0 Å². The van der Waals surface area contributed by atoms with Crippen molar-refractivity contribution in [2.75, 3.05) is 6.54 Å². The van der Waals surface area contributed by atoms with Crippen molar-refractivity contribution in [2.45, 2.75) is 31.6 Å². The molecule has 1 aromatic rings. The second-order valence-electron chi connectivity index (χ2n) is 4.64. The van der Waals surface area contributed by atoms with Crippen LogP contribution in [0.1, 0.15) is 24.0 Å². The minimum Gasteiger partial charge on any atom is -0.352 e. The Morgan fingerprint density at radius 1 is 1.21 bits per heavy atom. The van der Waals surface area contributed by atoms with Gasteiger partial charge >= 0.3 is 6.18 Å². The Labute approximate surface area is 109 Å². The zero-order valence-electron chi connectivity index (χ0n) is 10.3. The summed E-state index contributed by atoms with van der Waals surface area (Å²) >= 11 is 0. The van der Waals surface area contributed by atoms with Crippen LogP contribution in [0.5, 0.6) is 0 Å². The zero-order chi connectivity index (χ0) is 13.9. The molecule has 0 radical (unpaired) electrons. The normalized spacial score (nSPS) is 15.3. The average molecular weight is 272 g/mol. The topological polar surface area (TPSA) is 41.1 Å². The maximum atomic E-state index is 12.3. The first-order chi connectivity index (χ1) is 8.95. The maximum absolute atomic E-state index is 12.3. The Bertz CT molecular complexity index is 438. The van der Waals surface area contributed by atoms with Gasteiger partial charge in [-0.2, -0.15) is 13.2 Å². The molecule has 6 heteroatoms. The lowest BCUT2D eigenvalue weighted by Gasteiger charge is -2.08. The van der Waals surface area contributed by atoms with E-state index in [9.17, 15) is 18.0 Å². The van der Waals surface area contributed by atoms with Gasteiger partial charge in [0.15, 0.2) is 0 Å². The van der Waals surface area contributed by atoms with E-state index in [2.05, 4.69) is 10.6 Å². The minimum atomic E-state index is -4.31. The Balaban J connectivity index is 1.74. The summed E-state index contributed by atoms with van der Waals surface area (Å²) in [6, 6.07) is 5.23. The third-order valence-electron chi connectivity index (χ3n) is 2.84. The number of rotatable bonds is 5. The second-order valence-corrected chi connectivity index (χ2v) is 4.64. The molecule has 1 amide bonds. The maximum Gasteiger partial charge on any atom is 0.416 e. The van der Waals surface area contributed by atoms with Crippen LogP contribution in [0.25, 0.3) is 0 Å². The molecule has 1 saturated carbocycles. The van der Waals surface area contributed by atoms with Crippen LogP contribution in [0, 0.1) is 0 Å². The Hall–Kier alpha value is -1.56.